The molecule has 1 aliphatic rings. The highest BCUT2D eigenvalue weighted by Crippen LogP contribution is 2.25. The minimum absolute atomic E-state index is 0.0355. The predicted octanol–water partition coefficient (Wildman–Crippen LogP) is 2.61. The lowest BCUT2D eigenvalue weighted by molar-refractivity contribution is -0.149. The fourth-order valence-corrected chi connectivity index (χ4v) is 2.27. The zero-order chi connectivity index (χ0) is 12.0. The van der Waals surface area contributed by atoms with E-state index >= 15 is 0 Å². The number of rotatable bonds is 5. The minimum atomic E-state index is -0.0355. The number of ether oxygens (including phenoxy) is 1. The predicted molar refractivity (Wildman–Crippen MR) is 68.4 cm³/mol. The van der Waals surface area contributed by atoms with Crippen molar-refractivity contribution >= 4 is 21.9 Å². The highest BCUT2D eigenvalue weighted by Gasteiger charge is 2.27. The van der Waals surface area contributed by atoms with Crippen LogP contribution in [0.15, 0.2) is 11.1 Å². The van der Waals surface area contributed by atoms with E-state index in [0.717, 1.165) is 36.7 Å². The van der Waals surface area contributed by atoms with Crippen LogP contribution in [0.25, 0.3) is 0 Å². The molecular weight excluding hydrogens is 270 g/mol. The third-order valence-corrected chi connectivity index (χ3v) is 3.16. The van der Waals surface area contributed by atoms with Crippen LogP contribution in [0.3, 0.4) is 0 Å². The molecule has 2 unspecified atom stereocenters. The zero-order valence-electron chi connectivity index (χ0n) is 9.80. The first kappa shape index (κ1) is 13.7. The average molecular weight is 290 g/mol. The fraction of sp³-hybridized carbons (Fsp3) is 0.750. The molecule has 0 aliphatic heterocycles. The molecule has 3 nitrogen and oxygen atoms in total. The summed E-state index contributed by atoms with van der Waals surface area (Å²) in [6.07, 6.45) is 4.08. The molecule has 0 amide bonds. The van der Waals surface area contributed by atoms with Gasteiger partial charge in [0.2, 0.25) is 0 Å². The van der Waals surface area contributed by atoms with Crippen LogP contribution in [0.5, 0.6) is 0 Å². The van der Waals surface area contributed by atoms with Crippen LogP contribution < -0.4 is 5.32 Å². The number of esters is 1. The third kappa shape index (κ3) is 4.66. The number of hydrogen-bond acceptors (Lipinski definition) is 3. The number of carbonyl (C=O) groups excluding carboxylic acids is 1. The summed E-state index contributed by atoms with van der Waals surface area (Å²) in [6.45, 7) is 6.88. The van der Waals surface area contributed by atoms with E-state index in [9.17, 15) is 4.79 Å². The molecule has 1 aliphatic carbocycles. The average Bonchev–Trinajstić information content (AvgIpc) is 2.27. The Kier molecular flexibility index (Phi) is 6.06. The lowest BCUT2D eigenvalue weighted by atomic mass is 9.86. The largest absolute Gasteiger partial charge is 0.466 e. The second kappa shape index (κ2) is 7.07. The fourth-order valence-electron chi connectivity index (χ4n) is 2.10. The van der Waals surface area contributed by atoms with Crippen LogP contribution in [-0.2, 0) is 9.53 Å². The summed E-state index contributed by atoms with van der Waals surface area (Å²) in [5.74, 6) is 0.0430. The van der Waals surface area contributed by atoms with E-state index in [1.807, 2.05) is 6.92 Å². The Morgan fingerprint density at radius 3 is 2.94 bits per heavy atom. The monoisotopic (exact) mass is 289 g/mol. The Morgan fingerprint density at radius 2 is 2.31 bits per heavy atom. The van der Waals surface area contributed by atoms with Gasteiger partial charge < -0.3 is 10.1 Å². The molecule has 0 heterocycles. The Hall–Kier alpha value is -0.350. The Balaban J connectivity index is 2.34. The molecule has 0 aromatic carbocycles. The van der Waals surface area contributed by atoms with E-state index in [-0.39, 0.29) is 11.9 Å². The van der Waals surface area contributed by atoms with E-state index in [4.69, 9.17) is 4.74 Å². The van der Waals surface area contributed by atoms with Gasteiger partial charge in [-0.1, -0.05) is 28.9 Å². The van der Waals surface area contributed by atoms with Gasteiger partial charge in [-0.2, -0.15) is 0 Å². The molecule has 1 fully saturated rings. The summed E-state index contributed by atoms with van der Waals surface area (Å²) in [6, 6.07) is 0.414. The summed E-state index contributed by atoms with van der Waals surface area (Å²) in [5.41, 5.74) is 0. The van der Waals surface area contributed by atoms with Crippen LogP contribution in [0.1, 0.15) is 32.6 Å². The number of nitrogens with one attached hydrogen (secondary N) is 1. The first-order chi connectivity index (χ1) is 7.63. The van der Waals surface area contributed by atoms with E-state index in [0.29, 0.717) is 12.6 Å². The van der Waals surface area contributed by atoms with Gasteiger partial charge in [0, 0.05) is 17.1 Å². The van der Waals surface area contributed by atoms with Crippen LogP contribution >= 0.6 is 15.9 Å². The molecule has 0 bridgehead atoms. The van der Waals surface area contributed by atoms with Crippen molar-refractivity contribution < 1.29 is 9.53 Å². The minimum Gasteiger partial charge on any atom is -0.466 e. The summed E-state index contributed by atoms with van der Waals surface area (Å²) in [4.78, 5) is 11.6. The molecule has 0 radical (unpaired) electrons. The second-order valence-corrected chi connectivity index (χ2v) is 5.33. The smallest absolute Gasteiger partial charge is 0.308 e. The molecule has 0 aromatic heterocycles. The quantitative estimate of drug-likeness (QED) is 0.791. The van der Waals surface area contributed by atoms with Crippen molar-refractivity contribution in [2.75, 3.05) is 13.2 Å². The van der Waals surface area contributed by atoms with Gasteiger partial charge in [-0.25, -0.2) is 0 Å². The Bertz CT molecular complexity index is 255. The molecule has 0 aromatic rings. The standard InChI is InChI=1S/C12H20BrNO2/c1-3-16-12(15)10-5-4-6-11(7-10)14-8-9(2)13/h10-11,14H,2-8H2,1H3. The van der Waals surface area contributed by atoms with Crippen LogP contribution in [0.2, 0.25) is 0 Å². The maximum atomic E-state index is 11.6. The number of hydrogen-bond donors (Lipinski definition) is 1. The molecule has 1 N–H and O–H groups in total. The molecule has 0 saturated heterocycles. The van der Waals surface area contributed by atoms with Crippen molar-refractivity contribution in [3.63, 3.8) is 0 Å². The summed E-state index contributed by atoms with van der Waals surface area (Å²) in [7, 11) is 0. The van der Waals surface area contributed by atoms with Gasteiger partial charge >= 0.3 is 5.97 Å². The van der Waals surface area contributed by atoms with Crippen LogP contribution in [0.4, 0.5) is 0 Å². The molecule has 0 spiro atoms. The van der Waals surface area contributed by atoms with Crippen molar-refractivity contribution in [2.45, 2.75) is 38.6 Å². The molecule has 16 heavy (non-hydrogen) atoms. The van der Waals surface area contributed by atoms with E-state index < -0.39 is 0 Å². The van der Waals surface area contributed by atoms with E-state index in [1.54, 1.807) is 0 Å². The van der Waals surface area contributed by atoms with Crippen LogP contribution in [0, 0.1) is 5.92 Å². The first-order valence-corrected chi connectivity index (χ1v) is 6.66. The van der Waals surface area contributed by atoms with Crippen molar-refractivity contribution in [3.8, 4) is 0 Å². The van der Waals surface area contributed by atoms with Gasteiger partial charge in [0.15, 0.2) is 0 Å². The van der Waals surface area contributed by atoms with E-state index in [2.05, 4.69) is 27.8 Å². The summed E-state index contributed by atoms with van der Waals surface area (Å²) < 4.78 is 6.01. The van der Waals surface area contributed by atoms with Gasteiger partial charge in [0.25, 0.3) is 0 Å². The first-order valence-electron chi connectivity index (χ1n) is 5.86. The van der Waals surface area contributed by atoms with Crippen molar-refractivity contribution in [1.82, 2.24) is 5.32 Å². The van der Waals surface area contributed by atoms with Gasteiger partial charge in [-0.05, 0) is 26.2 Å². The molecular formula is C12H20BrNO2. The second-order valence-electron chi connectivity index (χ2n) is 4.21. The highest BCUT2D eigenvalue weighted by atomic mass is 79.9. The molecule has 1 rings (SSSR count). The lowest BCUT2D eigenvalue weighted by Crippen LogP contribution is -2.37. The maximum Gasteiger partial charge on any atom is 0.308 e. The zero-order valence-corrected chi connectivity index (χ0v) is 11.4. The topological polar surface area (TPSA) is 38.3 Å². The maximum absolute atomic E-state index is 11.6. The third-order valence-electron chi connectivity index (χ3n) is 2.88. The van der Waals surface area contributed by atoms with Crippen molar-refractivity contribution in [3.05, 3.63) is 11.1 Å². The Morgan fingerprint density at radius 1 is 1.56 bits per heavy atom. The number of halogens is 1. The summed E-state index contributed by atoms with van der Waals surface area (Å²) in [5, 5.41) is 3.39. The van der Waals surface area contributed by atoms with Gasteiger partial charge in [0.1, 0.15) is 0 Å². The van der Waals surface area contributed by atoms with Gasteiger partial charge in [0.05, 0.1) is 12.5 Å². The summed E-state index contributed by atoms with van der Waals surface area (Å²) >= 11 is 3.32. The molecule has 92 valence electrons. The highest BCUT2D eigenvalue weighted by molar-refractivity contribution is 9.11. The van der Waals surface area contributed by atoms with Gasteiger partial charge in [-0.15, -0.1) is 0 Å². The van der Waals surface area contributed by atoms with Crippen molar-refractivity contribution in [2.24, 2.45) is 5.92 Å². The van der Waals surface area contributed by atoms with Gasteiger partial charge in [-0.3, -0.25) is 4.79 Å². The number of carbonyl (C=O) groups is 1. The van der Waals surface area contributed by atoms with Crippen molar-refractivity contribution in [1.29, 1.82) is 0 Å². The lowest BCUT2D eigenvalue weighted by Gasteiger charge is -2.28. The molecule has 2 atom stereocenters. The SMILES string of the molecule is C=C(Br)CNC1CCCC(C(=O)OCC)C1. The Labute approximate surface area is 106 Å². The normalized spacial score (nSPS) is 25.1. The van der Waals surface area contributed by atoms with E-state index in [1.165, 1.54) is 0 Å². The molecule has 1 saturated carbocycles. The molecule has 4 heteroatoms. The van der Waals surface area contributed by atoms with Crippen LogP contribution in [-0.4, -0.2) is 25.2 Å².